The first-order valence-electron chi connectivity index (χ1n) is 12.8. The van der Waals surface area contributed by atoms with E-state index in [0.717, 1.165) is 41.8 Å². The predicted octanol–water partition coefficient (Wildman–Crippen LogP) is 4.84. The molecule has 3 aliphatic rings. The van der Waals surface area contributed by atoms with Gasteiger partial charge in [0.2, 0.25) is 0 Å². The molecule has 2 aromatic carbocycles. The molecular formula is C28H30ClN5O4. The molecule has 2 fully saturated rings. The van der Waals surface area contributed by atoms with Gasteiger partial charge in [-0.15, -0.1) is 0 Å². The van der Waals surface area contributed by atoms with E-state index < -0.39 is 5.60 Å². The molecule has 1 saturated heterocycles. The lowest BCUT2D eigenvalue weighted by Gasteiger charge is -2.22. The molecule has 38 heavy (non-hydrogen) atoms. The summed E-state index contributed by atoms with van der Waals surface area (Å²) in [5, 5.41) is 19.6. The minimum absolute atomic E-state index is 0.00681. The largest absolute Gasteiger partial charge is 0.494 e. The number of piperidine rings is 1. The molecule has 2 aliphatic heterocycles. The molecule has 0 radical (unpaired) electrons. The number of benzene rings is 2. The maximum atomic E-state index is 12.1. The van der Waals surface area contributed by atoms with E-state index in [1.807, 2.05) is 51.1 Å². The van der Waals surface area contributed by atoms with Crippen molar-refractivity contribution in [1.82, 2.24) is 15.2 Å². The van der Waals surface area contributed by atoms with Crippen molar-refractivity contribution in [3.8, 4) is 5.88 Å². The van der Waals surface area contributed by atoms with E-state index in [4.69, 9.17) is 26.2 Å². The van der Waals surface area contributed by atoms with E-state index in [1.165, 1.54) is 0 Å². The quantitative estimate of drug-likeness (QED) is 0.309. The summed E-state index contributed by atoms with van der Waals surface area (Å²) in [7, 11) is 0. The second-order valence-corrected chi connectivity index (χ2v) is 11.5. The molecule has 10 heteroatoms. The van der Waals surface area contributed by atoms with Crippen LogP contribution in [0.2, 0.25) is 5.02 Å². The summed E-state index contributed by atoms with van der Waals surface area (Å²) >= 11 is 6.25. The molecule has 9 nitrogen and oxygen atoms in total. The maximum Gasteiger partial charge on any atom is 0.407 e. The van der Waals surface area contributed by atoms with Crippen LogP contribution in [0, 0.1) is 11.8 Å². The first kappa shape index (κ1) is 24.8. The number of amides is 1. The Morgan fingerprint density at radius 2 is 2.00 bits per heavy atom. The number of aromatic nitrogens is 1. The number of rotatable bonds is 6. The molecule has 198 valence electrons. The van der Waals surface area contributed by atoms with Crippen LogP contribution in [0.3, 0.4) is 0 Å². The summed E-state index contributed by atoms with van der Waals surface area (Å²) in [6.07, 6.45) is -0.347. The number of hydrogen-bond acceptors (Lipinski definition) is 7. The second-order valence-electron chi connectivity index (χ2n) is 11.0. The number of ether oxygens (including phenoxy) is 1. The van der Waals surface area contributed by atoms with Crippen molar-refractivity contribution < 1.29 is 19.5 Å². The first-order chi connectivity index (χ1) is 18.2. The van der Waals surface area contributed by atoms with Crippen molar-refractivity contribution in [2.75, 3.05) is 26.2 Å². The van der Waals surface area contributed by atoms with Gasteiger partial charge < -0.3 is 25.0 Å². The molecule has 6 rings (SSSR count). The molecule has 1 saturated carbocycles. The maximum absolute atomic E-state index is 12.1. The summed E-state index contributed by atoms with van der Waals surface area (Å²) in [6, 6.07) is 13.3. The number of nitrogens with zero attached hydrogens (tertiary/aromatic N) is 3. The zero-order valence-corrected chi connectivity index (χ0v) is 22.2. The topological polar surface area (TPSA) is 112 Å². The Balaban J connectivity index is 1.10. The van der Waals surface area contributed by atoms with Crippen LogP contribution in [0.5, 0.6) is 5.88 Å². The van der Waals surface area contributed by atoms with Crippen LogP contribution >= 0.6 is 11.6 Å². The van der Waals surface area contributed by atoms with E-state index in [9.17, 15) is 9.90 Å². The van der Waals surface area contributed by atoms with Gasteiger partial charge in [0.05, 0.1) is 11.3 Å². The molecule has 0 bridgehead atoms. The second kappa shape index (κ2) is 9.32. The van der Waals surface area contributed by atoms with Crippen LogP contribution in [0.15, 0.2) is 52.6 Å². The van der Waals surface area contributed by atoms with E-state index in [2.05, 4.69) is 20.4 Å². The van der Waals surface area contributed by atoms with Crippen molar-refractivity contribution in [1.29, 1.82) is 0 Å². The number of aromatic hydroxyl groups is 1. The Hall–Kier alpha value is -3.56. The number of aromatic amines is 1. The number of aliphatic imine (C=N–C) groups is 1. The smallest absolute Gasteiger partial charge is 0.407 e. The van der Waals surface area contributed by atoms with Crippen molar-refractivity contribution in [2.45, 2.75) is 32.4 Å². The third-order valence-electron chi connectivity index (χ3n) is 7.20. The average Bonchev–Trinajstić information content (AvgIpc) is 3.19. The van der Waals surface area contributed by atoms with Crippen LogP contribution in [-0.2, 0) is 9.57 Å². The summed E-state index contributed by atoms with van der Waals surface area (Å²) < 4.78 is 5.37. The molecule has 3 heterocycles. The number of likely N-dealkylation sites (tertiary alicyclic amines) is 1. The Bertz CT molecular complexity index is 1460. The number of carbonyl (C=O) groups is 1. The summed E-state index contributed by atoms with van der Waals surface area (Å²) in [5.74, 6) is 0.907. The van der Waals surface area contributed by atoms with E-state index in [1.54, 1.807) is 12.1 Å². The highest BCUT2D eigenvalue weighted by Crippen LogP contribution is 2.45. The predicted molar refractivity (Wildman–Crippen MR) is 147 cm³/mol. The standard InChI is InChI=1S/C28H30ClN5O4/c1-28(2,3)38-27(36)32-23-18-13-34(14-19(18)23)10-11-37-33-24-16-6-4-5-7-20(16)30-25(24)22-17-12-15(29)8-9-21(17)31-26(22)35/h4-9,12,18-19,23,31,35H,10-11,13-14H2,1-3H3,(H,32,36)/t18-,19+,23?. The average molecular weight is 536 g/mol. The van der Waals surface area contributed by atoms with E-state index in [-0.39, 0.29) is 18.0 Å². The summed E-state index contributed by atoms with van der Waals surface area (Å²) in [5.41, 5.74) is 3.53. The number of fused-ring (bicyclic) bond motifs is 3. The van der Waals surface area contributed by atoms with E-state index >= 15 is 0 Å². The fraction of sp³-hybridized carbons (Fsp3) is 0.393. The number of hydrogen-bond donors (Lipinski definition) is 3. The normalized spacial score (nSPS) is 23.3. The van der Waals surface area contributed by atoms with Crippen molar-refractivity contribution >= 4 is 45.7 Å². The lowest BCUT2D eigenvalue weighted by Crippen LogP contribution is -2.38. The minimum Gasteiger partial charge on any atom is -0.494 e. The number of oxime groups is 1. The van der Waals surface area contributed by atoms with Gasteiger partial charge >= 0.3 is 6.09 Å². The Labute approximate surface area is 225 Å². The van der Waals surface area contributed by atoms with Crippen LogP contribution < -0.4 is 5.32 Å². The van der Waals surface area contributed by atoms with Gasteiger partial charge in [0.1, 0.15) is 23.6 Å². The fourth-order valence-corrected chi connectivity index (χ4v) is 5.63. The fourth-order valence-electron chi connectivity index (χ4n) is 5.46. The molecule has 3 atom stereocenters. The highest BCUT2D eigenvalue weighted by Gasteiger charge is 2.56. The SMILES string of the molecule is CC(C)(C)OC(=O)NC1[C@H]2CN(CCON=C3C(c4c(O)[nH]c5ccc(Cl)cc45)=Nc4ccccc43)C[C@@H]12. The molecule has 1 aromatic heterocycles. The highest BCUT2D eigenvalue weighted by atomic mass is 35.5. The third-order valence-corrected chi connectivity index (χ3v) is 7.44. The zero-order valence-electron chi connectivity index (χ0n) is 21.5. The van der Waals surface area contributed by atoms with Gasteiger partial charge in [-0.05, 0) is 56.9 Å². The number of halogens is 1. The lowest BCUT2D eigenvalue weighted by atomic mass is 10.0. The Morgan fingerprint density at radius 3 is 2.76 bits per heavy atom. The number of nitrogens with one attached hydrogen (secondary N) is 2. The van der Waals surface area contributed by atoms with Gasteiger partial charge in [-0.3, -0.25) is 4.90 Å². The summed E-state index contributed by atoms with van der Waals surface area (Å²) in [4.78, 5) is 27.9. The van der Waals surface area contributed by atoms with Crippen LogP contribution in [-0.4, -0.2) is 70.4 Å². The monoisotopic (exact) mass is 535 g/mol. The van der Waals surface area contributed by atoms with Crippen molar-refractivity contribution in [2.24, 2.45) is 22.0 Å². The Kier molecular flexibility index (Phi) is 6.07. The van der Waals surface area contributed by atoms with Gasteiger partial charge in [0, 0.05) is 47.2 Å². The van der Waals surface area contributed by atoms with Crippen molar-refractivity contribution in [3.05, 3.63) is 58.6 Å². The Morgan fingerprint density at radius 1 is 1.24 bits per heavy atom. The van der Waals surface area contributed by atoms with Gasteiger partial charge in [0.15, 0.2) is 5.88 Å². The first-order valence-corrected chi connectivity index (χ1v) is 13.2. The van der Waals surface area contributed by atoms with Gasteiger partial charge in [-0.1, -0.05) is 35.0 Å². The molecule has 3 aromatic rings. The molecule has 1 unspecified atom stereocenters. The number of para-hydroxylation sites is 1. The van der Waals surface area contributed by atoms with Crippen molar-refractivity contribution in [3.63, 3.8) is 0 Å². The van der Waals surface area contributed by atoms with Gasteiger partial charge in [-0.25, -0.2) is 9.79 Å². The highest BCUT2D eigenvalue weighted by molar-refractivity contribution is 6.58. The number of alkyl carbamates (subject to hydrolysis) is 1. The van der Waals surface area contributed by atoms with Crippen LogP contribution in [0.1, 0.15) is 31.9 Å². The van der Waals surface area contributed by atoms with Gasteiger partial charge in [-0.2, -0.15) is 0 Å². The van der Waals surface area contributed by atoms with Crippen LogP contribution in [0.4, 0.5) is 10.5 Å². The summed E-state index contributed by atoms with van der Waals surface area (Å²) in [6.45, 7) is 8.55. The molecule has 0 spiro atoms. The minimum atomic E-state index is -0.497. The zero-order chi connectivity index (χ0) is 26.6. The lowest BCUT2D eigenvalue weighted by molar-refractivity contribution is 0.0511. The van der Waals surface area contributed by atoms with E-state index in [0.29, 0.717) is 40.5 Å². The third kappa shape index (κ3) is 4.72. The molecular weight excluding hydrogens is 506 g/mol. The van der Waals surface area contributed by atoms with Gasteiger partial charge in [0.25, 0.3) is 0 Å². The molecule has 3 N–H and O–H groups in total. The number of H-pyrrole nitrogens is 1. The van der Waals surface area contributed by atoms with Crippen LogP contribution in [0.25, 0.3) is 10.9 Å². The molecule has 1 amide bonds. The molecule has 1 aliphatic carbocycles. The number of carbonyl (C=O) groups excluding carboxylic acids is 1.